The van der Waals surface area contributed by atoms with Gasteiger partial charge in [-0.3, -0.25) is 0 Å². The van der Waals surface area contributed by atoms with Crippen molar-refractivity contribution in [3.8, 4) is 11.5 Å². The highest BCUT2D eigenvalue weighted by Gasteiger charge is 2.37. The smallest absolute Gasteiger partial charge is 0.402 e. The molecule has 2 nitrogen and oxygen atoms in total. The Morgan fingerprint density at radius 2 is 1.89 bits per heavy atom. The Bertz CT molecular complexity index is 425. The molecule has 0 bridgehead atoms. The SMILES string of the molecule is FC(F)(F)C(Br)CSc1ccc2c(c1)OCCO2. The lowest BCUT2D eigenvalue weighted by molar-refractivity contribution is -0.122. The molecule has 0 saturated heterocycles. The Labute approximate surface area is 115 Å². The lowest BCUT2D eigenvalue weighted by atomic mass is 10.3. The molecule has 1 atom stereocenters. The average molecular weight is 343 g/mol. The summed E-state index contributed by atoms with van der Waals surface area (Å²) in [7, 11) is 0. The van der Waals surface area contributed by atoms with Crippen LogP contribution in [0, 0.1) is 0 Å². The molecule has 18 heavy (non-hydrogen) atoms. The zero-order valence-corrected chi connectivity index (χ0v) is 11.6. The first-order valence-corrected chi connectivity index (χ1v) is 7.10. The van der Waals surface area contributed by atoms with E-state index in [0.717, 1.165) is 16.7 Å². The zero-order valence-electron chi connectivity index (χ0n) is 9.17. The summed E-state index contributed by atoms with van der Waals surface area (Å²) in [5.41, 5.74) is 0. The second-order valence-electron chi connectivity index (χ2n) is 3.63. The highest BCUT2D eigenvalue weighted by molar-refractivity contribution is 9.09. The number of hydrogen-bond donors (Lipinski definition) is 0. The van der Waals surface area contributed by atoms with Crippen LogP contribution in [0.3, 0.4) is 0 Å². The molecule has 0 spiro atoms. The van der Waals surface area contributed by atoms with Gasteiger partial charge in [0.1, 0.15) is 18.0 Å². The van der Waals surface area contributed by atoms with Crippen molar-refractivity contribution in [3.63, 3.8) is 0 Å². The predicted octanol–water partition coefficient (Wildman–Crippen LogP) is 3.88. The molecule has 1 aromatic rings. The van der Waals surface area contributed by atoms with Crippen LogP contribution in [-0.2, 0) is 0 Å². The predicted molar refractivity (Wildman–Crippen MR) is 66.9 cm³/mol. The molecule has 1 aromatic carbocycles. The Morgan fingerprint density at radius 1 is 1.22 bits per heavy atom. The standard InChI is InChI=1S/C11H10BrF3O2S/c12-10(11(13,14)15)6-18-7-1-2-8-9(5-7)17-4-3-16-8/h1-2,5,10H,3-4,6H2. The van der Waals surface area contributed by atoms with Gasteiger partial charge in [0.15, 0.2) is 11.5 Å². The number of thioether (sulfide) groups is 1. The van der Waals surface area contributed by atoms with Crippen LogP contribution in [0.15, 0.2) is 23.1 Å². The number of hydrogen-bond acceptors (Lipinski definition) is 3. The highest BCUT2D eigenvalue weighted by Crippen LogP contribution is 2.36. The first kappa shape index (κ1) is 13.9. The third kappa shape index (κ3) is 3.47. The molecule has 0 saturated carbocycles. The summed E-state index contributed by atoms with van der Waals surface area (Å²) < 4.78 is 47.7. The van der Waals surface area contributed by atoms with Crippen LogP contribution in [0.2, 0.25) is 0 Å². The number of benzene rings is 1. The molecule has 0 N–H and O–H groups in total. The summed E-state index contributed by atoms with van der Waals surface area (Å²) in [6.07, 6.45) is -4.22. The van der Waals surface area contributed by atoms with Gasteiger partial charge in [-0.2, -0.15) is 13.2 Å². The fraction of sp³-hybridized carbons (Fsp3) is 0.455. The summed E-state index contributed by atoms with van der Waals surface area (Å²) in [6, 6.07) is 5.15. The van der Waals surface area contributed by atoms with Gasteiger partial charge in [-0.15, -0.1) is 11.8 Å². The third-order valence-corrected chi connectivity index (χ3v) is 4.62. The maximum Gasteiger partial charge on any atom is 0.402 e. The van der Waals surface area contributed by atoms with Gasteiger partial charge in [0.05, 0.1) is 0 Å². The van der Waals surface area contributed by atoms with Crippen molar-refractivity contribution in [2.45, 2.75) is 15.9 Å². The van der Waals surface area contributed by atoms with Gasteiger partial charge in [-0.1, -0.05) is 15.9 Å². The fourth-order valence-corrected chi connectivity index (χ4v) is 2.66. The normalized spacial score (nSPS) is 16.4. The van der Waals surface area contributed by atoms with Crippen LogP contribution in [0.4, 0.5) is 13.2 Å². The largest absolute Gasteiger partial charge is 0.486 e. The summed E-state index contributed by atoms with van der Waals surface area (Å²) in [4.78, 5) is -0.781. The quantitative estimate of drug-likeness (QED) is 0.613. The van der Waals surface area contributed by atoms with Gasteiger partial charge in [0, 0.05) is 10.6 Å². The van der Waals surface area contributed by atoms with Gasteiger partial charge in [0.2, 0.25) is 0 Å². The molecule has 1 aliphatic heterocycles. The first-order chi connectivity index (χ1) is 8.47. The molecule has 0 amide bonds. The van der Waals surface area contributed by atoms with E-state index in [1.54, 1.807) is 18.2 Å². The molecule has 7 heteroatoms. The van der Waals surface area contributed by atoms with E-state index in [2.05, 4.69) is 15.9 Å². The molecule has 1 unspecified atom stereocenters. The van der Waals surface area contributed by atoms with Crippen molar-refractivity contribution in [1.82, 2.24) is 0 Å². The summed E-state index contributed by atoms with van der Waals surface area (Å²) in [6.45, 7) is 0.960. The minimum absolute atomic E-state index is 0.0802. The van der Waals surface area contributed by atoms with Crippen molar-refractivity contribution in [2.75, 3.05) is 19.0 Å². The lowest BCUT2D eigenvalue weighted by Crippen LogP contribution is -2.24. The highest BCUT2D eigenvalue weighted by atomic mass is 79.9. The molecule has 0 aliphatic carbocycles. The van der Waals surface area contributed by atoms with Gasteiger partial charge in [-0.25, -0.2) is 0 Å². The van der Waals surface area contributed by atoms with E-state index in [1.165, 1.54) is 0 Å². The van der Waals surface area contributed by atoms with E-state index < -0.39 is 11.0 Å². The molecule has 100 valence electrons. The molecular formula is C11H10BrF3O2S. The summed E-state index contributed by atoms with van der Waals surface area (Å²) >= 11 is 3.75. The maximum atomic E-state index is 12.3. The summed E-state index contributed by atoms with van der Waals surface area (Å²) in [5.74, 6) is 1.14. The van der Waals surface area contributed by atoms with Crippen LogP contribution in [-0.4, -0.2) is 30.0 Å². The van der Waals surface area contributed by atoms with E-state index in [4.69, 9.17) is 9.47 Å². The Morgan fingerprint density at radius 3 is 2.56 bits per heavy atom. The molecule has 0 fully saturated rings. The zero-order chi connectivity index (χ0) is 13.2. The number of halogens is 4. The Hall–Kier alpha value is -0.560. The maximum absolute atomic E-state index is 12.3. The van der Waals surface area contributed by atoms with Crippen LogP contribution in [0.25, 0.3) is 0 Å². The van der Waals surface area contributed by atoms with Crippen LogP contribution in [0.5, 0.6) is 11.5 Å². The minimum Gasteiger partial charge on any atom is -0.486 e. The van der Waals surface area contributed by atoms with Crippen LogP contribution >= 0.6 is 27.7 Å². The van der Waals surface area contributed by atoms with Crippen molar-refractivity contribution >= 4 is 27.7 Å². The second-order valence-corrected chi connectivity index (χ2v) is 5.82. The molecule has 0 aromatic heterocycles. The Kier molecular flexibility index (Phi) is 4.32. The topological polar surface area (TPSA) is 18.5 Å². The average Bonchev–Trinajstić information content (AvgIpc) is 2.34. The molecule has 2 rings (SSSR count). The summed E-state index contributed by atoms with van der Waals surface area (Å²) in [5, 5.41) is 0. The van der Waals surface area contributed by atoms with Gasteiger partial charge in [0.25, 0.3) is 0 Å². The van der Waals surface area contributed by atoms with E-state index in [0.29, 0.717) is 24.7 Å². The molecule has 1 aliphatic rings. The van der Waals surface area contributed by atoms with Crippen molar-refractivity contribution in [3.05, 3.63) is 18.2 Å². The minimum atomic E-state index is -4.22. The molecular weight excluding hydrogens is 333 g/mol. The van der Waals surface area contributed by atoms with Crippen molar-refractivity contribution in [2.24, 2.45) is 0 Å². The van der Waals surface area contributed by atoms with Crippen molar-refractivity contribution in [1.29, 1.82) is 0 Å². The Balaban J connectivity index is 1.98. The first-order valence-electron chi connectivity index (χ1n) is 5.20. The molecule has 0 radical (unpaired) electrons. The number of alkyl halides is 4. The number of rotatable bonds is 3. The molecule has 1 heterocycles. The van der Waals surface area contributed by atoms with Crippen LogP contribution in [0.1, 0.15) is 0 Å². The second kappa shape index (κ2) is 5.61. The monoisotopic (exact) mass is 342 g/mol. The number of ether oxygens (including phenoxy) is 2. The third-order valence-electron chi connectivity index (χ3n) is 2.27. The van der Waals surface area contributed by atoms with E-state index >= 15 is 0 Å². The van der Waals surface area contributed by atoms with Gasteiger partial charge < -0.3 is 9.47 Å². The van der Waals surface area contributed by atoms with E-state index in [1.807, 2.05) is 0 Å². The van der Waals surface area contributed by atoms with Crippen LogP contribution < -0.4 is 9.47 Å². The lowest BCUT2D eigenvalue weighted by Gasteiger charge is -2.19. The van der Waals surface area contributed by atoms with Gasteiger partial charge >= 0.3 is 6.18 Å². The van der Waals surface area contributed by atoms with E-state index in [9.17, 15) is 13.2 Å². The van der Waals surface area contributed by atoms with E-state index in [-0.39, 0.29) is 5.75 Å². The number of fused-ring (bicyclic) bond motifs is 1. The van der Waals surface area contributed by atoms with Crippen molar-refractivity contribution < 1.29 is 22.6 Å². The van der Waals surface area contributed by atoms with Gasteiger partial charge in [-0.05, 0) is 18.2 Å². The fourth-order valence-electron chi connectivity index (χ4n) is 1.38.